The maximum atomic E-state index is 12.6. The second-order valence-corrected chi connectivity index (χ2v) is 7.19. The molecule has 0 aromatic rings. The SMILES string of the molecule is Cl.NCCC1CCCCN1S(=O)(=O)N1CCCCC1. The summed E-state index contributed by atoms with van der Waals surface area (Å²) in [6, 6.07) is 0.121. The third-order valence-electron chi connectivity index (χ3n) is 4.01. The lowest BCUT2D eigenvalue weighted by atomic mass is 10.0. The Bertz CT molecular complexity index is 356. The molecule has 2 N–H and O–H groups in total. The van der Waals surface area contributed by atoms with Gasteiger partial charge in [-0.2, -0.15) is 17.0 Å². The highest BCUT2D eigenvalue weighted by Crippen LogP contribution is 2.26. The molecule has 114 valence electrons. The van der Waals surface area contributed by atoms with Crippen molar-refractivity contribution >= 4 is 22.6 Å². The van der Waals surface area contributed by atoms with E-state index in [9.17, 15) is 8.42 Å². The Balaban J connectivity index is 0.00000180. The predicted octanol–water partition coefficient (Wildman–Crippen LogP) is 1.34. The van der Waals surface area contributed by atoms with Gasteiger partial charge in [-0.05, 0) is 38.6 Å². The van der Waals surface area contributed by atoms with Gasteiger partial charge >= 0.3 is 0 Å². The summed E-state index contributed by atoms with van der Waals surface area (Å²) in [7, 11) is -3.25. The van der Waals surface area contributed by atoms with Gasteiger partial charge in [0.15, 0.2) is 0 Å². The average molecular weight is 312 g/mol. The van der Waals surface area contributed by atoms with E-state index in [1.54, 1.807) is 8.61 Å². The highest BCUT2D eigenvalue weighted by Gasteiger charge is 2.36. The standard InChI is InChI=1S/C12H25N3O2S.ClH/c13-8-7-12-6-2-5-11-15(12)18(16,17)14-9-3-1-4-10-14;/h12H,1-11,13H2;1H. The first-order valence-electron chi connectivity index (χ1n) is 7.13. The molecule has 2 fully saturated rings. The normalized spacial score (nSPS) is 26.9. The molecule has 0 aliphatic carbocycles. The number of nitrogens with two attached hydrogens (primary N) is 1. The van der Waals surface area contributed by atoms with Gasteiger partial charge in [0, 0.05) is 25.7 Å². The molecule has 1 atom stereocenters. The molecule has 2 aliphatic rings. The Morgan fingerprint density at radius 1 is 1.00 bits per heavy atom. The Morgan fingerprint density at radius 3 is 2.26 bits per heavy atom. The quantitative estimate of drug-likeness (QED) is 0.852. The van der Waals surface area contributed by atoms with E-state index in [1.165, 1.54) is 0 Å². The molecule has 1 unspecified atom stereocenters. The maximum Gasteiger partial charge on any atom is 0.282 e. The minimum Gasteiger partial charge on any atom is -0.330 e. The summed E-state index contributed by atoms with van der Waals surface area (Å²) in [5.41, 5.74) is 5.61. The predicted molar refractivity (Wildman–Crippen MR) is 79.6 cm³/mol. The molecule has 0 amide bonds. The van der Waals surface area contributed by atoms with Crippen molar-refractivity contribution in [2.45, 2.75) is 51.0 Å². The van der Waals surface area contributed by atoms with Gasteiger partial charge in [0.1, 0.15) is 0 Å². The van der Waals surface area contributed by atoms with Crippen molar-refractivity contribution < 1.29 is 8.42 Å². The molecule has 2 aliphatic heterocycles. The Hall–Kier alpha value is 0.120. The van der Waals surface area contributed by atoms with Gasteiger partial charge in [0.05, 0.1) is 0 Å². The Labute approximate surface area is 123 Å². The van der Waals surface area contributed by atoms with Crippen molar-refractivity contribution in [3.63, 3.8) is 0 Å². The van der Waals surface area contributed by atoms with Crippen molar-refractivity contribution in [1.82, 2.24) is 8.61 Å². The van der Waals surface area contributed by atoms with E-state index in [4.69, 9.17) is 5.73 Å². The highest BCUT2D eigenvalue weighted by molar-refractivity contribution is 7.86. The molecule has 2 rings (SSSR count). The molecule has 0 bridgehead atoms. The fraction of sp³-hybridized carbons (Fsp3) is 1.00. The van der Waals surface area contributed by atoms with Crippen LogP contribution in [0.4, 0.5) is 0 Å². The van der Waals surface area contributed by atoms with Crippen LogP contribution >= 0.6 is 12.4 Å². The first kappa shape index (κ1) is 17.2. The molecule has 0 spiro atoms. The van der Waals surface area contributed by atoms with E-state index < -0.39 is 10.2 Å². The fourth-order valence-electron chi connectivity index (χ4n) is 3.00. The molecule has 7 heteroatoms. The minimum absolute atomic E-state index is 0. The second kappa shape index (κ2) is 7.78. The van der Waals surface area contributed by atoms with E-state index in [0.29, 0.717) is 26.2 Å². The van der Waals surface area contributed by atoms with E-state index in [0.717, 1.165) is 44.9 Å². The van der Waals surface area contributed by atoms with Crippen LogP contribution in [0.25, 0.3) is 0 Å². The molecule has 0 radical (unpaired) electrons. The summed E-state index contributed by atoms with van der Waals surface area (Å²) >= 11 is 0. The van der Waals surface area contributed by atoms with Crippen LogP contribution in [0.15, 0.2) is 0 Å². The molecule has 19 heavy (non-hydrogen) atoms. The summed E-state index contributed by atoms with van der Waals surface area (Å²) < 4.78 is 28.7. The monoisotopic (exact) mass is 311 g/mol. The van der Waals surface area contributed by atoms with Crippen LogP contribution in [-0.4, -0.2) is 49.2 Å². The zero-order chi connectivity index (χ0) is 13.0. The van der Waals surface area contributed by atoms with Crippen molar-refractivity contribution in [3.8, 4) is 0 Å². The summed E-state index contributed by atoms with van der Waals surface area (Å²) in [4.78, 5) is 0. The number of halogens is 1. The molecule has 0 aromatic carbocycles. The summed E-state index contributed by atoms with van der Waals surface area (Å²) in [5, 5.41) is 0. The van der Waals surface area contributed by atoms with Crippen LogP contribution in [0.1, 0.15) is 44.9 Å². The molecular weight excluding hydrogens is 286 g/mol. The number of hydrogen-bond acceptors (Lipinski definition) is 3. The van der Waals surface area contributed by atoms with Crippen LogP contribution in [0, 0.1) is 0 Å². The van der Waals surface area contributed by atoms with Crippen molar-refractivity contribution in [1.29, 1.82) is 0 Å². The van der Waals surface area contributed by atoms with Crippen molar-refractivity contribution in [2.75, 3.05) is 26.2 Å². The van der Waals surface area contributed by atoms with Crippen molar-refractivity contribution in [2.24, 2.45) is 5.73 Å². The molecule has 5 nitrogen and oxygen atoms in total. The summed E-state index contributed by atoms with van der Waals surface area (Å²) in [6.45, 7) is 2.61. The van der Waals surface area contributed by atoms with Crippen molar-refractivity contribution in [3.05, 3.63) is 0 Å². The number of nitrogens with zero attached hydrogens (tertiary/aromatic N) is 2. The van der Waals surface area contributed by atoms with Gasteiger partial charge in [-0.15, -0.1) is 12.4 Å². The van der Waals surface area contributed by atoms with Gasteiger partial charge in [-0.1, -0.05) is 12.8 Å². The van der Waals surface area contributed by atoms with Gasteiger partial charge in [0.2, 0.25) is 0 Å². The van der Waals surface area contributed by atoms with E-state index in [2.05, 4.69) is 0 Å². The lowest BCUT2D eigenvalue weighted by molar-refractivity contribution is 0.217. The largest absolute Gasteiger partial charge is 0.330 e. The maximum absolute atomic E-state index is 12.6. The molecular formula is C12H26ClN3O2S. The van der Waals surface area contributed by atoms with Gasteiger partial charge in [-0.3, -0.25) is 0 Å². The minimum atomic E-state index is -3.25. The topological polar surface area (TPSA) is 66.6 Å². The van der Waals surface area contributed by atoms with Gasteiger partial charge in [0.25, 0.3) is 10.2 Å². The van der Waals surface area contributed by atoms with Gasteiger partial charge in [-0.25, -0.2) is 0 Å². The third kappa shape index (κ3) is 4.04. The molecule has 2 saturated heterocycles. The summed E-state index contributed by atoms with van der Waals surface area (Å²) in [5.74, 6) is 0. The van der Waals surface area contributed by atoms with Crippen LogP contribution in [-0.2, 0) is 10.2 Å². The van der Waals surface area contributed by atoms with Gasteiger partial charge < -0.3 is 5.73 Å². The molecule has 0 aromatic heterocycles. The van der Waals surface area contributed by atoms with E-state index in [-0.39, 0.29) is 18.4 Å². The first-order chi connectivity index (χ1) is 8.66. The van der Waals surface area contributed by atoms with Crippen LogP contribution in [0.5, 0.6) is 0 Å². The number of hydrogen-bond donors (Lipinski definition) is 1. The summed E-state index contributed by atoms with van der Waals surface area (Å²) in [6.07, 6.45) is 6.99. The second-order valence-electron chi connectivity index (χ2n) is 5.31. The lowest BCUT2D eigenvalue weighted by Gasteiger charge is -2.39. The zero-order valence-corrected chi connectivity index (χ0v) is 13.1. The van der Waals surface area contributed by atoms with E-state index >= 15 is 0 Å². The highest BCUT2D eigenvalue weighted by atomic mass is 35.5. The Kier molecular flexibility index (Phi) is 7.04. The van der Waals surface area contributed by atoms with Crippen LogP contribution < -0.4 is 5.73 Å². The number of rotatable bonds is 4. The Morgan fingerprint density at radius 2 is 1.63 bits per heavy atom. The fourth-order valence-corrected chi connectivity index (χ4v) is 4.97. The van der Waals surface area contributed by atoms with Crippen LogP contribution in [0.2, 0.25) is 0 Å². The average Bonchev–Trinajstić information content (AvgIpc) is 2.41. The first-order valence-corrected chi connectivity index (χ1v) is 8.53. The molecule has 0 saturated carbocycles. The molecule has 2 heterocycles. The van der Waals surface area contributed by atoms with Crippen LogP contribution in [0.3, 0.4) is 0 Å². The third-order valence-corrected chi connectivity index (χ3v) is 6.10. The lowest BCUT2D eigenvalue weighted by Crippen LogP contribution is -2.52. The van der Waals surface area contributed by atoms with E-state index in [1.807, 2.05) is 0 Å². The zero-order valence-electron chi connectivity index (χ0n) is 11.5. The smallest absolute Gasteiger partial charge is 0.282 e. The number of piperidine rings is 2.